The van der Waals surface area contributed by atoms with Gasteiger partial charge in [0, 0.05) is 4.88 Å². The average Bonchev–Trinajstić information content (AvgIpc) is 3.31. The smallest absolute Gasteiger partial charge is 0.338 e. The van der Waals surface area contributed by atoms with Gasteiger partial charge in [0.1, 0.15) is 6.04 Å². The van der Waals surface area contributed by atoms with Gasteiger partial charge in [-0.2, -0.15) is 0 Å². The van der Waals surface area contributed by atoms with Crippen LogP contribution in [0.25, 0.3) is 6.08 Å². The molecule has 3 heterocycles. The van der Waals surface area contributed by atoms with Crippen molar-refractivity contribution in [2.45, 2.75) is 39.8 Å². The van der Waals surface area contributed by atoms with Gasteiger partial charge in [-0.3, -0.25) is 9.36 Å². The summed E-state index contributed by atoms with van der Waals surface area (Å²) >= 11 is 2.85. The van der Waals surface area contributed by atoms with E-state index in [-0.39, 0.29) is 11.7 Å². The van der Waals surface area contributed by atoms with E-state index in [1.54, 1.807) is 11.5 Å². The van der Waals surface area contributed by atoms with E-state index in [1.165, 1.54) is 22.7 Å². The van der Waals surface area contributed by atoms with Gasteiger partial charge in [-0.25, -0.2) is 9.79 Å². The maximum absolute atomic E-state index is 13.4. The fourth-order valence-corrected chi connectivity index (χ4v) is 5.26. The van der Waals surface area contributed by atoms with Gasteiger partial charge >= 0.3 is 5.97 Å². The van der Waals surface area contributed by atoms with Crippen LogP contribution >= 0.6 is 22.7 Å². The molecule has 0 spiro atoms. The van der Waals surface area contributed by atoms with E-state index in [0.717, 1.165) is 16.0 Å². The van der Waals surface area contributed by atoms with Crippen molar-refractivity contribution in [3.05, 3.63) is 88.7 Å². The van der Waals surface area contributed by atoms with Crippen molar-refractivity contribution in [1.82, 2.24) is 4.57 Å². The predicted octanol–water partition coefficient (Wildman–Crippen LogP) is 3.56. The third kappa shape index (κ3) is 3.82. The summed E-state index contributed by atoms with van der Waals surface area (Å²) in [6, 6.07) is 11.3. The Morgan fingerprint density at radius 3 is 2.57 bits per heavy atom. The minimum absolute atomic E-state index is 0.153. The van der Waals surface area contributed by atoms with Gasteiger partial charge in [0.25, 0.3) is 5.56 Å². The number of aromatic nitrogens is 1. The number of benzene rings is 1. The van der Waals surface area contributed by atoms with Crippen LogP contribution in [0.5, 0.6) is 0 Å². The third-order valence-electron chi connectivity index (χ3n) is 4.77. The van der Waals surface area contributed by atoms with Crippen molar-refractivity contribution >= 4 is 34.7 Å². The highest BCUT2D eigenvalue weighted by Crippen LogP contribution is 2.33. The van der Waals surface area contributed by atoms with E-state index < -0.39 is 12.0 Å². The number of aryl methyl sites for hydroxylation is 1. The number of ether oxygens (including phenoxy) is 1. The Hall–Kier alpha value is -2.77. The first-order valence-corrected chi connectivity index (χ1v) is 11.4. The van der Waals surface area contributed by atoms with Gasteiger partial charge in [0.05, 0.1) is 21.9 Å². The Balaban J connectivity index is 1.91. The molecule has 1 atom stereocenters. The SMILES string of the molecule is CC1=C(C(=O)OC(C)C)[C@@H](c2cccs2)n2c(s/c(=C/c3ccc(C)cc3)c2=O)=N1. The molecule has 2 aromatic heterocycles. The lowest BCUT2D eigenvalue weighted by molar-refractivity contribution is -0.143. The van der Waals surface area contributed by atoms with Gasteiger partial charge in [-0.05, 0) is 50.8 Å². The first kappa shape index (κ1) is 20.5. The molecular weight excluding hydrogens is 416 g/mol. The molecule has 5 nitrogen and oxygen atoms in total. The molecule has 0 aliphatic carbocycles. The van der Waals surface area contributed by atoms with Crippen LogP contribution in [-0.4, -0.2) is 16.6 Å². The second-order valence-electron chi connectivity index (χ2n) is 7.46. The minimum atomic E-state index is -0.535. The maximum atomic E-state index is 13.4. The molecule has 7 heteroatoms. The number of hydrogen-bond donors (Lipinski definition) is 0. The molecule has 0 unspecified atom stereocenters. The van der Waals surface area contributed by atoms with Gasteiger partial charge in [-0.1, -0.05) is 47.2 Å². The van der Waals surface area contributed by atoms with Crippen LogP contribution in [0, 0.1) is 6.92 Å². The van der Waals surface area contributed by atoms with Gasteiger partial charge in [0.15, 0.2) is 4.80 Å². The second kappa shape index (κ2) is 8.16. The molecule has 0 saturated carbocycles. The van der Waals surface area contributed by atoms with Crippen LogP contribution < -0.4 is 14.9 Å². The van der Waals surface area contributed by atoms with Gasteiger partial charge in [-0.15, -0.1) is 11.3 Å². The summed E-state index contributed by atoms with van der Waals surface area (Å²) in [5.41, 5.74) is 2.96. The average molecular weight is 439 g/mol. The molecule has 3 aromatic rings. The van der Waals surface area contributed by atoms with Crippen molar-refractivity contribution < 1.29 is 9.53 Å². The quantitative estimate of drug-likeness (QED) is 0.585. The minimum Gasteiger partial charge on any atom is -0.459 e. The molecule has 1 aliphatic rings. The zero-order valence-electron chi connectivity index (χ0n) is 17.2. The largest absolute Gasteiger partial charge is 0.459 e. The number of nitrogens with zero attached hydrogens (tertiary/aromatic N) is 2. The maximum Gasteiger partial charge on any atom is 0.338 e. The van der Waals surface area contributed by atoms with Crippen LogP contribution in [0.4, 0.5) is 0 Å². The van der Waals surface area contributed by atoms with Crippen LogP contribution in [0.1, 0.15) is 42.8 Å². The Morgan fingerprint density at radius 2 is 1.93 bits per heavy atom. The molecule has 30 heavy (non-hydrogen) atoms. The van der Waals surface area contributed by atoms with Crippen molar-refractivity contribution in [3.8, 4) is 0 Å². The molecule has 0 saturated heterocycles. The van der Waals surface area contributed by atoms with Crippen LogP contribution in [-0.2, 0) is 9.53 Å². The molecule has 0 amide bonds. The fourth-order valence-electron chi connectivity index (χ4n) is 3.39. The topological polar surface area (TPSA) is 60.7 Å². The standard InChI is InChI=1S/C23H22N2O3S2/c1-13(2)28-22(27)19-15(4)24-23-25(20(19)17-6-5-11-29-17)21(26)18(30-23)12-16-9-7-14(3)8-10-16/h5-13,20H,1-4H3/b18-12+/t20-/m1/s1. The van der Waals surface area contributed by atoms with Crippen LogP contribution in [0.15, 0.2) is 62.8 Å². The molecular formula is C23H22N2O3S2. The molecule has 4 rings (SSSR count). The Bertz CT molecular complexity index is 1290. The summed E-state index contributed by atoms with van der Waals surface area (Å²) in [5, 5.41) is 1.94. The van der Waals surface area contributed by atoms with E-state index in [9.17, 15) is 9.59 Å². The van der Waals surface area contributed by atoms with E-state index in [2.05, 4.69) is 4.99 Å². The number of esters is 1. The first-order chi connectivity index (χ1) is 14.3. The number of hydrogen-bond acceptors (Lipinski definition) is 6. The number of rotatable bonds is 4. The van der Waals surface area contributed by atoms with Crippen molar-refractivity contribution in [3.63, 3.8) is 0 Å². The molecule has 0 N–H and O–H groups in total. The van der Waals surface area contributed by atoms with E-state index in [1.807, 2.05) is 68.6 Å². The summed E-state index contributed by atoms with van der Waals surface area (Å²) in [6.45, 7) is 7.45. The second-order valence-corrected chi connectivity index (χ2v) is 9.45. The summed E-state index contributed by atoms with van der Waals surface area (Å²) < 4.78 is 7.70. The van der Waals surface area contributed by atoms with Crippen molar-refractivity contribution in [1.29, 1.82) is 0 Å². The lowest BCUT2D eigenvalue weighted by atomic mass is 10.0. The number of thiophene rings is 1. The van der Waals surface area contributed by atoms with Gasteiger partial charge < -0.3 is 4.74 Å². The summed E-state index contributed by atoms with van der Waals surface area (Å²) in [5.74, 6) is -0.433. The number of carbonyl (C=O) groups excluding carboxylic acids is 1. The van der Waals surface area contributed by atoms with E-state index >= 15 is 0 Å². The molecule has 0 bridgehead atoms. The van der Waals surface area contributed by atoms with Crippen molar-refractivity contribution in [2.24, 2.45) is 4.99 Å². The predicted molar refractivity (Wildman–Crippen MR) is 120 cm³/mol. The van der Waals surface area contributed by atoms with Crippen LogP contribution in [0.2, 0.25) is 0 Å². The highest BCUT2D eigenvalue weighted by Gasteiger charge is 2.34. The summed E-state index contributed by atoms with van der Waals surface area (Å²) in [7, 11) is 0. The molecule has 1 aromatic carbocycles. The number of thiazole rings is 1. The number of allylic oxidation sites excluding steroid dienone is 1. The van der Waals surface area contributed by atoms with Crippen LogP contribution in [0.3, 0.4) is 0 Å². The highest BCUT2D eigenvalue weighted by atomic mass is 32.1. The lowest BCUT2D eigenvalue weighted by Gasteiger charge is -2.24. The first-order valence-electron chi connectivity index (χ1n) is 9.68. The molecule has 0 fully saturated rings. The molecule has 1 aliphatic heterocycles. The summed E-state index contributed by atoms with van der Waals surface area (Å²) in [4.78, 5) is 32.4. The molecule has 154 valence electrons. The zero-order valence-corrected chi connectivity index (χ0v) is 18.8. The van der Waals surface area contributed by atoms with E-state index in [0.29, 0.717) is 20.6 Å². The van der Waals surface area contributed by atoms with Crippen molar-refractivity contribution in [2.75, 3.05) is 0 Å². The van der Waals surface area contributed by atoms with Gasteiger partial charge in [0.2, 0.25) is 0 Å². The Labute approximate surface area is 182 Å². The number of fused-ring (bicyclic) bond motifs is 1. The fraction of sp³-hybridized carbons (Fsp3) is 0.261. The third-order valence-corrected chi connectivity index (χ3v) is 6.68. The zero-order chi connectivity index (χ0) is 21.4. The lowest BCUT2D eigenvalue weighted by Crippen LogP contribution is -2.39. The number of carbonyl (C=O) groups is 1. The monoisotopic (exact) mass is 438 g/mol. The summed E-state index contributed by atoms with van der Waals surface area (Å²) in [6.07, 6.45) is 1.62. The van der Waals surface area contributed by atoms with E-state index in [4.69, 9.17) is 4.74 Å². The Morgan fingerprint density at radius 1 is 1.20 bits per heavy atom. The molecule has 0 radical (unpaired) electrons. The Kier molecular flexibility index (Phi) is 5.58. The normalized spacial score (nSPS) is 16.6. The highest BCUT2D eigenvalue weighted by molar-refractivity contribution is 7.10.